The van der Waals surface area contributed by atoms with E-state index in [9.17, 15) is 22.4 Å². The van der Waals surface area contributed by atoms with Gasteiger partial charge in [-0.3, -0.25) is 0 Å². The predicted octanol–water partition coefficient (Wildman–Crippen LogP) is 3.33. The third kappa shape index (κ3) is 3.07. The molecule has 1 aromatic heterocycles. The highest BCUT2D eigenvalue weighted by molar-refractivity contribution is 5.79. The number of hydrogen-bond donors (Lipinski definition) is 0. The van der Waals surface area contributed by atoms with Crippen molar-refractivity contribution in [3.63, 3.8) is 0 Å². The van der Waals surface area contributed by atoms with E-state index in [0.29, 0.717) is 0 Å². The predicted molar refractivity (Wildman–Crippen MR) is 65.2 cm³/mol. The van der Waals surface area contributed by atoms with E-state index in [1.165, 1.54) is 6.92 Å². The number of benzene rings is 1. The smallest absolute Gasteiger partial charge is 0.381 e. The van der Waals surface area contributed by atoms with Gasteiger partial charge in [-0.1, -0.05) is 12.1 Å². The quantitative estimate of drug-likeness (QED) is 0.625. The van der Waals surface area contributed by atoms with Gasteiger partial charge in [-0.15, -0.1) is 10.2 Å². The van der Waals surface area contributed by atoms with Gasteiger partial charge in [0.15, 0.2) is 0 Å². The molecule has 2 rings (SSSR count). The topological polar surface area (TPSA) is 65.2 Å². The van der Waals surface area contributed by atoms with Crippen molar-refractivity contribution >= 4 is 5.97 Å². The summed E-state index contributed by atoms with van der Waals surface area (Å²) in [4.78, 5) is 11.2. The highest BCUT2D eigenvalue weighted by Crippen LogP contribution is 2.31. The van der Waals surface area contributed by atoms with E-state index in [2.05, 4.69) is 14.9 Å². The molecule has 0 saturated carbocycles. The number of rotatable bonds is 5. The summed E-state index contributed by atoms with van der Waals surface area (Å²) in [6.45, 7) is 1.23. The average Bonchev–Trinajstić information content (AvgIpc) is 2.97. The first kappa shape index (κ1) is 15.9. The molecule has 9 heteroatoms. The van der Waals surface area contributed by atoms with Crippen LogP contribution >= 0.6 is 0 Å². The average molecular weight is 318 g/mol. The van der Waals surface area contributed by atoms with Crippen molar-refractivity contribution < 1.29 is 31.5 Å². The normalized spacial score (nSPS) is 11.7. The fourth-order valence-electron chi connectivity index (χ4n) is 1.60. The van der Waals surface area contributed by atoms with Crippen LogP contribution in [0.4, 0.5) is 17.6 Å². The lowest BCUT2D eigenvalue weighted by Crippen LogP contribution is -2.28. The Balaban J connectivity index is 2.24. The van der Waals surface area contributed by atoms with Gasteiger partial charge in [0.1, 0.15) is 0 Å². The van der Waals surface area contributed by atoms with Gasteiger partial charge in [-0.2, -0.15) is 17.6 Å². The molecule has 0 aliphatic carbocycles. The molecule has 0 aliphatic rings. The van der Waals surface area contributed by atoms with E-state index >= 15 is 0 Å². The molecule has 118 valence electrons. The van der Waals surface area contributed by atoms with Gasteiger partial charge in [-0.05, 0) is 19.1 Å². The Morgan fingerprint density at radius 3 is 2.41 bits per heavy atom. The summed E-state index contributed by atoms with van der Waals surface area (Å²) in [5.41, 5.74) is -0.425. The number of carbonyl (C=O) groups is 1. The number of hydrogen-bond acceptors (Lipinski definition) is 5. The molecule has 0 aliphatic heterocycles. The molecule has 0 N–H and O–H groups in total. The lowest BCUT2D eigenvalue weighted by atomic mass is 10.1. The van der Waals surface area contributed by atoms with Crippen molar-refractivity contribution in [3.05, 3.63) is 35.7 Å². The minimum atomic E-state index is -3.81. The second kappa shape index (κ2) is 6.12. The first-order valence-corrected chi connectivity index (χ1v) is 6.13. The minimum absolute atomic E-state index is 0.169. The second-order valence-corrected chi connectivity index (χ2v) is 4.12. The molecular weight excluding hydrogens is 308 g/mol. The fraction of sp³-hybridized carbons (Fsp3) is 0.308. The Kier molecular flexibility index (Phi) is 4.43. The first-order valence-electron chi connectivity index (χ1n) is 6.13. The molecule has 0 fully saturated rings. The monoisotopic (exact) mass is 318 g/mol. The highest BCUT2D eigenvalue weighted by atomic mass is 19.3. The maximum atomic E-state index is 13.8. The molecule has 2 aromatic rings. The maximum Gasteiger partial charge on any atom is 0.381 e. The minimum Gasteiger partial charge on any atom is -0.461 e. The Morgan fingerprint density at radius 1 is 1.27 bits per heavy atom. The first-order chi connectivity index (χ1) is 10.4. The summed E-state index contributed by atoms with van der Waals surface area (Å²) in [7, 11) is 0. The van der Waals surface area contributed by atoms with Crippen LogP contribution in [0.3, 0.4) is 0 Å². The van der Waals surface area contributed by atoms with Crippen LogP contribution in [0, 0.1) is 0 Å². The van der Waals surface area contributed by atoms with Gasteiger partial charge in [0.05, 0.1) is 6.61 Å². The van der Waals surface area contributed by atoms with Crippen molar-refractivity contribution in [1.82, 2.24) is 10.2 Å². The SMILES string of the molecule is CCOC(=O)C(F)(F)c1ccc(-c2nnc(C(F)F)o2)cc1. The number of aromatic nitrogens is 2. The van der Waals surface area contributed by atoms with Crippen molar-refractivity contribution in [2.75, 3.05) is 6.61 Å². The van der Waals surface area contributed by atoms with Gasteiger partial charge >= 0.3 is 18.3 Å². The Hall–Kier alpha value is -2.45. The summed E-state index contributed by atoms with van der Waals surface area (Å²) in [6.07, 6.45) is -2.92. The van der Waals surface area contributed by atoms with E-state index in [0.717, 1.165) is 24.3 Å². The van der Waals surface area contributed by atoms with E-state index in [4.69, 9.17) is 4.42 Å². The number of ether oxygens (including phenoxy) is 1. The maximum absolute atomic E-state index is 13.8. The number of halogens is 4. The van der Waals surface area contributed by atoms with Crippen LogP contribution in [-0.4, -0.2) is 22.8 Å². The highest BCUT2D eigenvalue weighted by Gasteiger charge is 2.42. The van der Waals surface area contributed by atoms with Gasteiger partial charge in [0, 0.05) is 11.1 Å². The largest absolute Gasteiger partial charge is 0.461 e. The van der Waals surface area contributed by atoms with Crippen LogP contribution in [0.15, 0.2) is 28.7 Å². The molecule has 0 unspecified atom stereocenters. The number of esters is 1. The van der Waals surface area contributed by atoms with Crippen LogP contribution < -0.4 is 0 Å². The summed E-state index contributed by atoms with van der Waals surface area (Å²) < 4.78 is 61.2. The molecule has 22 heavy (non-hydrogen) atoms. The van der Waals surface area contributed by atoms with Gasteiger partial charge in [0.2, 0.25) is 5.89 Å². The lowest BCUT2D eigenvalue weighted by molar-refractivity contribution is -0.173. The third-order valence-corrected chi connectivity index (χ3v) is 2.65. The lowest BCUT2D eigenvalue weighted by Gasteiger charge is -2.14. The molecule has 0 saturated heterocycles. The zero-order chi connectivity index (χ0) is 16.3. The number of nitrogens with zero attached hydrogens (tertiary/aromatic N) is 2. The van der Waals surface area contributed by atoms with E-state index in [-0.39, 0.29) is 18.1 Å². The molecule has 5 nitrogen and oxygen atoms in total. The van der Waals surface area contributed by atoms with E-state index in [1.54, 1.807) is 0 Å². The van der Waals surface area contributed by atoms with E-state index < -0.39 is 29.8 Å². The van der Waals surface area contributed by atoms with Gasteiger partial charge < -0.3 is 9.15 Å². The van der Waals surface area contributed by atoms with Crippen molar-refractivity contribution in [1.29, 1.82) is 0 Å². The van der Waals surface area contributed by atoms with Crippen molar-refractivity contribution in [2.45, 2.75) is 19.3 Å². The zero-order valence-electron chi connectivity index (χ0n) is 11.2. The summed E-state index contributed by atoms with van der Waals surface area (Å²) in [5.74, 6) is -6.57. The molecule has 1 aromatic carbocycles. The van der Waals surface area contributed by atoms with Crippen LogP contribution in [0.1, 0.15) is 24.8 Å². The molecular formula is C13H10F4N2O3. The van der Waals surface area contributed by atoms with Crippen LogP contribution in [0.2, 0.25) is 0 Å². The second-order valence-electron chi connectivity index (χ2n) is 4.12. The molecule has 0 bridgehead atoms. The summed E-state index contributed by atoms with van der Waals surface area (Å²) in [6, 6.07) is 4.23. The molecule has 1 heterocycles. The van der Waals surface area contributed by atoms with Gasteiger partial charge in [0.25, 0.3) is 5.89 Å². The number of alkyl halides is 4. The van der Waals surface area contributed by atoms with E-state index in [1.807, 2.05) is 0 Å². The van der Waals surface area contributed by atoms with Crippen LogP contribution in [0.25, 0.3) is 11.5 Å². The van der Waals surface area contributed by atoms with Crippen molar-refractivity contribution in [2.24, 2.45) is 0 Å². The Bertz CT molecular complexity index is 656. The fourth-order valence-corrected chi connectivity index (χ4v) is 1.60. The molecule has 0 amide bonds. The Labute approximate surface area is 121 Å². The Morgan fingerprint density at radius 2 is 1.91 bits per heavy atom. The van der Waals surface area contributed by atoms with Crippen molar-refractivity contribution in [3.8, 4) is 11.5 Å². The number of carbonyl (C=O) groups excluding carboxylic acids is 1. The molecule has 0 spiro atoms. The molecule has 0 atom stereocenters. The summed E-state index contributed by atoms with van der Waals surface area (Å²) in [5, 5.41) is 6.52. The standard InChI is InChI=1S/C13H10F4N2O3/c1-2-21-12(20)13(16,17)8-5-3-7(4-6-8)10-18-19-11(22-10)9(14)15/h3-6,9H,2H2,1H3. The van der Waals surface area contributed by atoms with Crippen LogP contribution in [0.5, 0.6) is 0 Å². The van der Waals surface area contributed by atoms with Gasteiger partial charge in [-0.25, -0.2) is 4.79 Å². The van der Waals surface area contributed by atoms with Crippen LogP contribution in [-0.2, 0) is 15.5 Å². The third-order valence-electron chi connectivity index (χ3n) is 2.65. The zero-order valence-corrected chi connectivity index (χ0v) is 11.2. The molecule has 0 radical (unpaired) electrons. The summed E-state index contributed by atoms with van der Waals surface area (Å²) >= 11 is 0.